The lowest BCUT2D eigenvalue weighted by atomic mass is 9.92. The summed E-state index contributed by atoms with van der Waals surface area (Å²) in [6, 6.07) is 8.12. The van der Waals surface area contributed by atoms with Crippen molar-refractivity contribution in [1.82, 2.24) is 19.9 Å². The molecule has 29 heavy (non-hydrogen) atoms. The van der Waals surface area contributed by atoms with E-state index in [0.717, 1.165) is 36.3 Å². The van der Waals surface area contributed by atoms with Crippen LogP contribution in [0.15, 0.2) is 36.8 Å². The van der Waals surface area contributed by atoms with Gasteiger partial charge < -0.3 is 15.4 Å². The van der Waals surface area contributed by atoms with Crippen LogP contribution in [0.1, 0.15) is 27.8 Å². The first kappa shape index (κ1) is 18.8. The molecule has 0 saturated heterocycles. The predicted molar refractivity (Wildman–Crippen MR) is 110 cm³/mol. The van der Waals surface area contributed by atoms with Crippen LogP contribution in [-0.2, 0) is 19.6 Å². The Morgan fingerprint density at radius 2 is 2.10 bits per heavy atom. The van der Waals surface area contributed by atoms with Gasteiger partial charge in [-0.1, -0.05) is 0 Å². The number of likely N-dealkylation sites (N-methyl/N-ethyl adjacent to an activating group) is 1. The Kier molecular flexibility index (Phi) is 5.10. The van der Waals surface area contributed by atoms with Crippen molar-refractivity contribution in [3.8, 4) is 23.2 Å². The fourth-order valence-corrected chi connectivity index (χ4v) is 3.62. The predicted octanol–water partition coefficient (Wildman–Crippen LogP) is 2.87. The summed E-state index contributed by atoms with van der Waals surface area (Å²) >= 11 is 0. The zero-order chi connectivity index (χ0) is 20.4. The summed E-state index contributed by atoms with van der Waals surface area (Å²) in [6.07, 6.45) is 5.90. The molecule has 0 fully saturated rings. The topological polar surface area (TPSA) is 101 Å². The lowest BCUT2D eigenvalue weighted by Crippen LogP contribution is -2.27. The molecule has 3 aromatic rings. The summed E-state index contributed by atoms with van der Waals surface area (Å²) in [6.45, 7) is 4.36. The van der Waals surface area contributed by atoms with Gasteiger partial charge in [0.2, 0.25) is 0 Å². The van der Waals surface area contributed by atoms with E-state index >= 15 is 0 Å². The highest BCUT2D eigenvalue weighted by Gasteiger charge is 2.17. The molecule has 0 spiro atoms. The van der Waals surface area contributed by atoms with Gasteiger partial charge in [-0.3, -0.25) is 4.98 Å². The van der Waals surface area contributed by atoms with Gasteiger partial charge in [0.05, 0.1) is 17.5 Å². The number of aryl methyl sites for hydroxylation is 1. The highest BCUT2D eigenvalue weighted by molar-refractivity contribution is 5.64. The number of benzene rings is 1. The third kappa shape index (κ3) is 4.03. The first-order valence-corrected chi connectivity index (χ1v) is 9.44. The molecule has 1 aromatic carbocycles. The quantitative estimate of drug-likeness (QED) is 0.736. The summed E-state index contributed by atoms with van der Waals surface area (Å²) < 4.78 is 5.79. The van der Waals surface area contributed by atoms with Crippen molar-refractivity contribution >= 4 is 5.82 Å². The number of hydrogen-bond donors (Lipinski definition) is 1. The van der Waals surface area contributed by atoms with Crippen molar-refractivity contribution in [2.75, 3.05) is 19.3 Å². The second-order valence-electron chi connectivity index (χ2n) is 7.35. The number of nitrogens with two attached hydrogens (primary N) is 1. The molecule has 7 heteroatoms. The van der Waals surface area contributed by atoms with Crippen LogP contribution < -0.4 is 10.5 Å². The maximum absolute atomic E-state index is 9.00. The molecule has 7 nitrogen and oxygen atoms in total. The van der Waals surface area contributed by atoms with Gasteiger partial charge >= 0.3 is 0 Å². The first-order chi connectivity index (χ1) is 14.0. The smallest absolute Gasteiger partial charge is 0.258 e. The Balaban J connectivity index is 1.61. The van der Waals surface area contributed by atoms with Gasteiger partial charge in [-0.2, -0.15) is 5.26 Å². The van der Waals surface area contributed by atoms with Gasteiger partial charge in [-0.05, 0) is 55.3 Å². The third-order valence-corrected chi connectivity index (χ3v) is 5.11. The minimum absolute atomic E-state index is 0.207. The van der Waals surface area contributed by atoms with Crippen LogP contribution in [0.4, 0.5) is 5.82 Å². The SMILES string of the molecule is Cc1cc(-c2cnc(N)c(OCc3cncc(C#N)c3)n2)cc2c1CCN(C)C2. The monoisotopic (exact) mass is 386 g/mol. The minimum atomic E-state index is 0.207. The van der Waals surface area contributed by atoms with E-state index in [1.165, 1.54) is 22.9 Å². The summed E-state index contributed by atoms with van der Waals surface area (Å²) in [5, 5.41) is 9.00. The molecule has 0 bridgehead atoms. The van der Waals surface area contributed by atoms with Gasteiger partial charge in [-0.15, -0.1) is 0 Å². The van der Waals surface area contributed by atoms with Crippen molar-refractivity contribution in [3.63, 3.8) is 0 Å². The first-order valence-electron chi connectivity index (χ1n) is 9.44. The molecule has 2 N–H and O–H groups in total. The van der Waals surface area contributed by atoms with Gasteiger partial charge in [0.15, 0.2) is 5.82 Å². The number of rotatable bonds is 4. The molecule has 4 rings (SSSR count). The van der Waals surface area contributed by atoms with E-state index in [4.69, 9.17) is 15.7 Å². The number of anilines is 1. The van der Waals surface area contributed by atoms with Crippen LogP contribution in [-0.4, -0.2) is 33.4 Å². The summed E-state index contributed by atoms with van der Waals surface area (Å²) in [5.41, 5.74) is 13.0. The number of pyridine rings is 1. The Morgan fingerprint density at radius 1 is 1.24 bits per heavy atom. The normalized spacial score (nSPS) is 13.6. The van der Waals surface area contributed by atoms with E-state index in [2.05, 4.69) is 52.0 Å². The standard InChI is InChI=1S/C22H22N6O/c1-14-5-17(7-18-12-28(2)4-3-19(14)18)20-11-26-21(24)22(27-20)29-13-16-6-15(8-23)9-25-10-16/h5-7,9-11H,3-4,12-13H2,1-2H3,(H2,24,26). The summed E-state index contributed by atoms with van der Waals surface area (Å²) in [7, 11) is 2.13. The Bertz CT molecular complexity index is 1100. The molecule has 0 unspecified atom stereocenters. The zero-order valence-corrected chi connectivity index (χ0v) is 16.5. The Hall–Kier alpha value is -3.50. The second kappa shape index (κ2) is 7.86. The highest BCUT2D eigenvalue weighted by atomic mass is 16.5. The molecule has 0 amide bonds. The lowest BCUT2D eigenvalue weighted by molar-refractivity contribution is 0.294. The number of nitrogens with zero attached hydrogens (tertiary/aromatic N) is 5. The minimum Gasteiger partial charge on any atom is -0.470 e. The van der Waals surface area contributed by atoms with Crippen LogP contribution in [0, 0.1) is 18.3 Å². The number of nitrogen functional groups attached to an aromatic ring is 1. The fourth-order valence-electron chi connectivity index (χ4n) is 3.62. The molecule has 1 aliphatic heterocycles. The van der Waals surface area contributed by atoms with E-state index < -0.39 is 0 Å². The summed E-state index contributed by atoms with van der Waals surface area (Å²) in [4.78, 5) is 15.2. The third-order valence-electron chi connectivity index (χ3n) is 5.11. The van der Waals surface area contributed by atoms with E-state index in [1.54, 1.807) is 18.5 Å². The largest absolute Gasteiger partial charge is 0.470 e. The Labute approximate surface area is 169 Å². The van der Waals surface area contributed by atoms with Crippen LogP contribution in [0.2, 0.25) is 0 Å². The average molecular weight is 386 g/mol. The van der Waals surface area contributed by atoms with Crippen LogP contribution in [0.25, 0.3) is 11.3 Å². The molecule has 0 radical (unpaired) electrons. The highest BCUT2D eigenvalue weighted by Crippen LogP contribution is 2.29. The van der Waals surface area contributed by atoms with Crippen molar-refractivity contribution in [2.45, 2.75) is 26.5 Å². The number of nitriles is 1. The van der Waals surface area contributed by atoms with Gasteiger partial charge in [-0.25, -0.2) is 9.97 Å². The number of fused-ring (bicyclic) bond motifs is 1. The van der Waals surface area contributed by atoms with Crippen LogP contribution in [0.5, 0.6) is 5.88 Å². The number of hydrogen-bond acceptors (Lipinski definition) is 7. The van der Waals surface area contributed by atoms with Crippen molar-refractivity contribution in [1.29, 1.82) is 5.26 Å². The van der Waals surface area contributed by atoms with E-state index in [1.807, 2.05) is 0 Å². The Morgan fingerprint density at radius 3 is 2.93 bits per heavy atom. The number of ether oxygens (including phenoxy) is 1. The fraction of sp³-hybridized carbons (Fsp3) is 0.273. The van der Waals surface area contributed by atoms with E-state index in [0.29, 0.717) is 5.56 Å². The maximum Gasteiger partial charge on any atom is 0.258 e. The van der Waals surface area contributed by atoms with Gasteiger partial charge in [0, 0.05) is 36.6 Å². The molecule has 0 aliphatic carbocycles. The average Bonchev–Trinajstić information content (AvgIpc) is 2.73. The van der Waals surface area contributed by atoms with E-state index in [-0.39, 0.29) is 18.3 Å². The molecule has 146 valence electrons. The molecule has 0 saturated carbocycles. The van der Waals surface area contributed by atoms with Gasteiger partial charge in [0.1, 0.15) is 12.7 Å². The van der Waals surface area contributed by atoms with E-state index in [9.17, 15) is 0 Å². The van der Waals surface area contributed by atoms with Crippen molar-refractivity contribution in [2.24, 2.45) is 0 Å². The van der Waals surface area contributed by atoms with Crippen LogP contribution >= 0.6 is 0 Å². The molecule has 1 aliphatic rings. The van der Waals surface area contributed by atoms with Gasteiger partial charge in [0.25, 0.3) is 5.88 Å². The number of aromatic nitrogens is 3. The van der Waals surface area contributed by atoms with Crippen LogP contribution in [0.3, 0.4) is 0 Å². The molecule has 3 heterocycles. The van der Waals surface area contributed by atoms with Crippen molar-refractivity contribution < 1.29 is 4.74 Å². The molecular formula is C22H22N6O. The summed E-state index contributed by atoms with van der Waals surface area (Å²) in [5.74, 6) is 0.505. The van der Waals surface area contributed by atoms with Crippen molar-refractivity contribution in [3.05, 3.63) is 64.6 Å². The molecule has 0 atom stereocenters. The lowest BCUT2D eigenvalue weighted by Gasteiger charge is -2.27. The zero-order valence-electron chi connectivity index (χ0n) is 16.5. The molecule has 2 aromatic heterocycles. The molecular weight excluding hydrogens is 364 g/mol. The second-order valence-corrected chi connectivity index (χ2v) is 7.35. The maximum atomic E-state index is 9.00.